The average Bonchev–Trinajstić information content (AvgIpc) is 3.21. The van der Waals surface area contributed by atoms with E-state index in [-0.39, 0.29) is 23.1 Å². The lowest BCUT2D eigenvalue weighted by Gasteiger charge is -2.46. The SMILES string of the molecule is CC(C)c1ncc2c(n1)C1(CCN(C(=O)c3ccco3)CC1)CN(C)C2=O. The van der Waals surface area contributed by atoms with E-state index < -0.39 is 0 Å². The van der Waals surface area contributed by atoms with Gasteiger partial charge in [0, 0.05) is 44.2 Å². The number of hydrogen-bond acceptors (Lipinski definition) is 5. The summed E-state index contributed by atoms with van der Waals surface area (Å²) in [7, 11) is 1.82. The standard InChI is InChI=1S/C20H24N4O3/c1-13(2)17-21-11-14-16(22-17)20(12-23(3)18(14)25)6-8-24(9-7-20)19(26)15-5-4-10-27-15/h4-5,10-11,13H,6-9,12H2,1-3H3. The molecule has 1 saturated heterocycles. The first-order valence-electron chi connectivity index (χ1n) is 9.37. The third-order valence-corrected chi connectivity index (χ3v) is 5.68. The summed E-state index contributed by atoms with van der Waals surface area (Å²) in [5.74, 6) is 1.22. The van der Waals surface area contributed by atoms with Crippen molar-refractivity contribution in [2.45, 2.75) is 38.0 Å². The van der Waals surface area contributed by atoms with Gasteiger partial charge in [-0.3, -0.25) is 9.59 Å². The molecule has 2 aromatic rings. The van der Waals surface area contributed by atoms with Crippen molar-refractivity contribution in [3.05, 3.63) is 47.4 Å². The maximum Gasteiger partial charge on any atom is 0.289 e. The molecule has 2 aliphatic rings. The normalized spacial score (nSPS) is 18.9. The van der Waals surface area contributed by atoms with Gasteiger partial charge in [0.1, 0.15) is 5.82 Å². The van der Waals surface area contributed by atoms with Crippen LogP contribution in [-0.2, 0) is 5.41 Å². The van der Waals surface area contributed by atoms with Crippen molar-refractivity contribution < 1.29 is 14.0 Å². The summed E-state index contributed by atoms with van der Waals surface area (Å²) in [6, 6.07) is 3.41. The first-order valence-corrected chi connectivity index (χ1v) is 9.37. The second-order valence-corrected chi connectivity index (χ2v) is 7.86. The number of carbonyl (C=O) groups is 2. The summed E-state index contributed by atoms with van der Waals surface area (Å²) in [6.45, 7) is 5.95. The fourth-order valence-electron chi connectivity index (χ4n) is 4.13. The third kappa shape index (κ3) is 2.91. The van der Waals surface area contributed by atoms with Crippen molar-refractivity contribution in [3.63, 3.8) is 0 Å². The number of likely N-dealkylation sites (tertiary alicyclic amines) is 1. The lowest BCUT2D eigenvalue weighted by molar-refractivity contribution is 0.0522. The number of fused-ring (bicyclic) bond motifs is 2. The Hall–Kier alpha value is -2.70. The van der Waals surface area contributed by atoms with Gasteiger partial charge in [0.15, 0.2) is 5.76 Å². The molecule has 0 N–H and O–H groups in total. The van der Waals surface area contributed by atoms with Crippen molar-refractivity contribution in [2.24, 2.45) is 0 Å². The maximum atomic E-state index is 12.6. The van der Waals surface area contributed by atoms with Gasteiger partial charge in [0.25, 0.3) is 11.8 Å². The van der Waals surface area contributed by atoms with Crippen LogP contribution in [0.2, 0.25) is 0 Å². The molecule has 4 heterocycles. The van der Waals surface area contributed by atoms with E-state index in [1.807, 2.05) is 11.9 Å². The van der Waals surface area contributed by atoms with Crippen LogP contribution in [0.5, 0.6) is 0 Å². The van der Waals surface area contributed by atoms with Crippen LogP contribution in [-0.4, -0.2) is 58.3 Å². The minimum Gasteiger partial charge on any atom is -0.459 e. The van der Waals surface area contributed by atoms with E-state index in [1.165, 1.54) is 6.26 Å². The van der Waals surface area contributed by atoms with Crippen molar-refractivity contribution in [3.8, 4) is 0 Å². The van der Waals surface area contributed by atoms with Crippen LogP contribution in [0.15, 0.2) is 29.0 Å². The molecule has 0 radical (unpaired) electrons. The van der Waals surface area contributed by atoms with E-state index in [9.17, 15) is 9.59 Å². The molecule has 1 fully saturated rings. The van der Waals surface area contributed by atoms with E-state index in [1.54, 1.807) is 23.2 Å². The van der Waals surface area contributed by atoms with Crippen LogP contribution in [0.3, 0.4) is 0 Å². The van der Waals surface area contributed by atoms with Gasteiger partial charge in [-0.1, -0.05) is 13.8 Å². The quantitative estimate of drug-likeness (QED) is 0.813. The highest BCUT2D eigenvalue weighted by Gasteiger charge is 2.46. The van der Waals surface area contributed by atoms with Crippen molar-refractivity contribution in [2.75, 3.05) is 26.7 Å². The topological polar surface area (TPSA) is 79.5 Å². The number of furan rings is 1. The predicted molar refractivity (Wildman–Crippen MR) is 98.6 cm³/mol. The molecule has 0 aromatic carbocycles. The molecule has 2 aliphatic heterocycles. The van der Waals surface area contributed by atoms with Crippen LogP contribution in [0.1, 0.15) is 65.0 Å². The summed E-state index contributed by atoms with van der Waals surface area (Å²) < 4.78 is 5.25. The van der Waals surface area contributed by atoms with Gasteiger partial charge < -0.3 is 14.2 Å². The lowest BCUT2D eigenvalue weighted by Crippen LogP contribution is -2.54. The summed E-state index contributed by atoms with van der Waals surface area (Å²) >= 11 is 0. The molecular weight excluding hydrogens is 344 g/mol. The summed E-state index contributed by atoms with van der Waals surface area (Å²) in [5.41, 5.74) is 1.22. The van der Waals surface area contributed by atoms with Gasteiger partial charge >= 0.3 is 0 Å². The fourth-order valence-corrected chi connectivity index (χ4v) is 4.13. The monoisotopic (exact) mass is 368 g/mol. The van der Waals surface area contributed by atoms with E-state index >= 15 is 0 Å². The molecule has 0 aliphatic carbocycles. The molecular formula is C20H24N4O3. The van der Waals surface area contributed by atoms with Gasteiger partial charge in [0.2, 0.25) is 0 Å². The summed E-state index contributed by atoms with van der Waals surface area (Å²) in [5, 5.41) is 0. The van der Waals surface area contributed by atoms with Gasteiger partial charge in [0.05, 0.1) is 17.5 Å². The Labute approximate surface area is 158 Å². The molecule has 2 amide bonds. The Balaban J connectivity index is 1.64. The molecule has 7 heteroatoms. The molecule has 27 heavy (non-hydrogen) atoms. The maximum absolute atomic E-state index is 12.6. The molecule has 2 aromatic heterocycles. The fraction of sp³-hybridized carbons (Fsp3) is 0.500. The largest absolute Gasteiger partial charge is 0.459 e. The molecule has 4 rings (SSSR count). The van der Waals surface area contributed by atoms with Gasteiger partial charge in [-0.05, 0) is 25.0 Å². The Bertz CT molecular complexity index is 867. The highest BCUT2D eigenvalue weighted by molar-refractivity contribution is 5.96. The minimum atomic E-state index is -0.232. The number of piperidine rings is 1. The molecule has 142 valence electrons. The summed E-state index contributed by atoms with van der Waals surface area (Å²) in [6.07, 6.45) is 4.72. The Morgan fingerprint density at radius 2 is 2.04 bits per heavy atom. The predicted octanol–water partition coefficient (Wildman–Crippen LogP) is 2.45. The van der Waals surface area contributed by atoms with E-state index in [2.05, 4.69) is 18.8 Å². The van der Waals surface area contributed by atoms with Crippen LogP contribution in [0.25, 0.3) is 0 Å². The number of carbonyl (C=O) groups excluding carboxylic acids is 2. The number of amides is 2. The molecule has 1 spiro atoms. The summed E-state index contributed by atoms with van der Waals surface area (Å²) in [4.78, 5) is 38.0. The number of nitrogens with zero attached hydrogens (tertiary/aromatic N) is 4. The van der Waals surface area contributed by atoms with Gasteiger partial charge in [-0.2, -0.15) is 0 Å². The second kappa shape index (κ2) is 6.48. The van der Waals surface area contributed by atoms with Crippen molar-refractivity contribution in [1.82, 2.24) is 19.8 Å². The molecule has 0 saturated carbocycles. The number of likely N-dealkylation sites (N-methyl/N-ethyl adjacent to an activating group) is 1. The van der Waals surface area contributed by atoms with Crippen LogP contribution in [0, 0.1) is 0 Å². The Morgan fingerprint density at radius 1 is 1.30 bits per heavy atom. The second-order valence-electron chi connectivity index (χ2n) is 7.86. The zero-order valence-corrected chi connectivity index (χ0v) is 15.9. The Morgan fingerprint density at radius 3 is 2.67 bits per heavy atom. The zero-order chi connectivity index (χ0) is 19.2. The smallest absolute Gasteiger partial charge is 0.289 e. The Kier molecular flexibility index (Phi) is 4.25. The van der Waals surface area contributed by atoms with Crippen molar-refractivity contribution >= 4 is 11.8 Å². The molecule has 0 bridgehead atoms. The minimum absolute atomic E-state index is 0.0278. The third-order valence-electron chi connectivity index (χ3n) is 5.68. The van der Waals surface area contributed by atoms with Crippen LogP contribution < -0.4 is 0 Å². The lowest BCUT2D eigenvalue weighted by atomic mass is 9.71. The van der Waals surface area contributed by atoms with Gasteiger partial charge in [-0.25, -0.2) is 9.97 Å². The highest BCUT2D eigenvalue weighted by atomic mass is 16.3. The number of rotatable bonds is 2. The van der Waals surface area contributed by atoms with E-state index in [4.69, 9.17) is 9.40 Å². The molecule has 7 nitrogen and oxygen atoms in total. The van der Waals surface area contributed by atoms with Crippen LogP contribution in [0.4, 0.5) is 0 Å². The molecule has 0 atom stereocenters. The number of hydrogen-bond donors (Lipinski definition) is 0. The zero-order valence-electron chi connectivity index (χ0n) is 15.9. The van der Waals surface area contributed by atoms with Gasteiger partial charge in [-0.15, -0.1) is 0 Å². The van der Waals surface area contributed by atoms with Crippen molar-refractivity contribution in [1.29, 1.82) is 0 Å². The average molecular weight is 368 g/mol. The van der Waals surface area contributed by atoms with E-state index in [0.717, 1.165) is 24.4 Å². The van der Waals surface area contributed by atoms with E-state index in [0.29, 0.717) is 31.0 Å². The molecule has 0 unspecified atom stereocenters. The first-order chi connectivity index (χ1) is 12.9. The number of aromatic nitrogens is 2. The van der Waals surface area contributed by atoms with Crippen LogP contribution >= 0.6 is 0 Å². The first kappa shape index (κ1) is 17.7. The highest BCUT2D eigenvalue weighted by Crippen LogP contribution is 2.40.